The molecule has 2 aliphatic rings. The molecule has 0 saturated carbocycles. The second-order valence-electron chi connectivity index (χ2n) is 10.0. The van der Waals surface area contributed by atoms with Crippen molar-refractivity contribution in [2.24, 2.45) is 0 Å². The van der Waals surface area contributed by atoms with Crippen LogP contribution in [0, 0.1) is 0 Å². The van der Waals surface area contributed by atoms with Crippen molar-refractivity contribution in [2.45, 2.75) is 26.2 Å². The first-order valence-corrected chi connectivity index (χ1v) is 13.8. The van der Waals surface area contributed by atoms with Gasteiger partial charge in [-0.3, -0.25) is 9.69 Å². The number of anilines is 1. The second-order valence-corrected chi connectivity index (χ2v) is 10.0. The Morgan fingerprint density at radius 3 is 2.62 bits per heavy atom. The molecule has 2 aromatic heterocycles. The van der Waals surface area contributed by atoms with Gasteiger partial charge in [-0.15, -0.1) is 0 Å². The number of pyridine rings is 1. The molecule has 4 heterocycles. The monoisotopic (exact) mass is 522 g/mol. The molecule has 1 fully saturated rings. The maximum absolute atomic E-state index is 12.6. The van der Waals surface area contributed by atoms with Crippen molar-refractivity contribution in [3.05, 3.63) is 72.9 Å². The van der Waals surface area contributed by atoms with Crippen molar-refractivity contribution in [3.63, 3.8) is 0 Å². The highest BCUT2D eigenvalue weighted by Gasteiger charge is 2.26. The lowest BCUT2D eigenvalue weighted by Gasteiger charge is -2.17. The van der Waals surface area contributed by atoms with Crippen LogP contribution in [0.4, 0.5) is 5.69 Å². The van der Waals surface area contributed by atoms with Crippen LogP contribution in [0.25, 0.3) is 33.4 Å². The third kappa shape index (κ3) is 4.90. The van der Waals surface area contributed by atoms with E-state index in [4.69, 9.17) is 9.47 Å². The number of aromatic nitrogens is 2. The van der Waals surface area contributed by atoms with Crippen LogP contribution in [-0.2, 0) is 11.2 Å². The predicted octanol–water partition coefficient (Wildman–Crippen LogP) is 5.85. The minimum atomic E-state index is -0.0814. The van der Waals surface area contributed by atoms with E-state index in [1.54, 1.807) is 11.1 Å². The number of aromatic amines is 1. The number of hydrogen-bond acceptors (Lipinski definition) is 5. The summed E-state index contributed by atoms with van der Waals surface area (Å²) in [6.07, 6.45) is 6.55. The minimum Gasteiger partial charge on any atom is -0.493 e. The van der Waals surface area contributed by atoms with E-state index in [2.05, 4.69) is 51.8 Å². The molecule has 0 bridgehead atoms. The van der Waals surface area contributed by atoms with Gasteiger partial charge in [0.05, 0.1) is 17.7 Å². The summed E-state index contributed by atoms with van der Waals surface area (Å²) in [6.45, 7) is 10.9. The van der Waals surface area contributed by atoms with Gasteiger partial charge < -0.3 is 19.4 Å². The van der Waals surface area contributed by atoms with Gasteiger partial charge in [0.1, 0.15) is 23.8 Å². The second kappa shape index (κ2) is 10.9. The van der Waals surface area contributed by atoms with E-state index in [-0.39, 0.29) is 5.91 Å². The van der Waals surface area contributed by atoms with Gasteiger partial charge in [0.25, 0.3) is 0 Å². The molecule has 1 saturated heterocycles. The molecule has 6 rings (SSSR count). The number of hydrogen-bond donors (Lipinski definition) is 1. The Hall–Kier alpha value is -4.10. The van der Waals surface area contributed by atoms with E-state index in [1.807, 2.05) is 25.1 Å². The minimum absolute atomic E-state index is 0.0814. The summed E-state index contributed by atoms with van der Waals surface area (Å²) < 4.78 is 12.1. The van der Waals surface area contributed by atoms with Gasteiger partial charge in [-0.25, -0.2) is 4.98 Å². The molecule has 0 aliphatic carbocycles. The van der Waals surface area contributed by atoms with Gasteiger partial charge in [0.15, 0.2) is 0 Å². The summed E-state index contributed by atoms with van der Waals surface area (Å²) >= 11 is 0. The number of H-pyrrole nitrogens is 1. The van der Waals surface area contributed by atoms with Gasteiger partial charge >= 0.3 is 0 Å². The molecule has 0 radical (unpaired) electrons. The first kappa shape index (κ1) is 25.2. The van der Waals surface area contributed by atoms with E-state index in [9.17, 15) is 4.79 Å². The quantitative estimate of drug-likeness (QED) is 0.280. The Kier molecular flexibility index (Phi) is 7.07. The van der Waals surface area contributed by atoms with Crippen molar-refractivity contribution in [1.82, 2.24) is 14.9 Å². The van der Waals surface area contributed by atoms with E-state index in [0.717, 1.165) is 69.1 Å². The highest BCUT2D eigenvalue weighted by atomic mass is 16.5. The summed E-state index contributed by atoms with van der Waals surface area (Å²) in [6, 6.07) is 16.5. The number of amides is 1. The molecule has 2 aliphatic heterocycles. The molecule has 1 N–H and O–H groups in total. The fourth-order valence-corrected chi connectivity index (χ4v) is 5.76. The topological polar surface area (TPSA) is 70.7 Å². The zero-order chi connectivity index (χ0) is 26.8. The number of carbonyl (C=O) groups is 1. The van der Waals surface area contributed by atoms with Crippen molar-refractivity contribution in [3.8, 4) is 33.9 Å². The Balaban J connectivity index is 1.39. The van der Waals surface area contributed by atoms with Gasteiger partial charge in [-0.05, 0) is 98.4 Å². The molecular formula is C32H34N4O3. The fourth-order valence-electron chi connectivity index (χ4n) is 5.76. The summed E-state index contributed by atoms with van der Waals surface area (Å²) in [5, 5.41) is 0.930. The average molecular weight is 523 g/mol. The Bertz CT molecular complexity index is 1500. The smallest absolute Gasteiger partial charge is 0.250 e. The molecule has 7 heteroatoms. The largest absolute Gasteiger partial charge is 0.493 e. The zero-order valence-corrected chi connectivity index (χ0v) is 22.4. The Morgan fingerprint density at radius 1 is 1.05 bits per heavy atom. The summed E-state index contributed by atoms with van der Waals surface area (Å²) in [7, 11) is 0. The average Bonchev–Trinajstić information content (AvgIpc) is 3.72. The van der Waals surface area contributed by atoms with Crippen LogP contribution in [0.15, 0.2) is 67.4 Å². The van der Waals surface area contributed by atoms with Crippen LogP contribution in [0.3, 0.4) is 0 Å². The van der Waals surface area contributed by atoms with E-state index in [0.29, 0.717) is 19.8 Å². The van der Waals surface area contributed by atoms with Gasteiger partial charge in [-0.1, -0.05) is 18.7 Å². The number of ether oxygens (including phenoxy) is 2. The number of carbonyl (C=O) groups excluding carboxylic acids is 1. The SMILES string of the molecule is C=CC(=O)N1CCc2ccc(-c3c(-c4ccc(OCCN5CCCC5)cc4)[nH]c4nccc(OCC)c34)cc21. The number of likely N-dealkylation sites (tertiary alicyclic amines) is 1. The van der Waals surface area contributed by atoms with Crippen molar-refractivity contribution >= 4 is 22.6 Å². The lowest BCUT2D eigenvalue weighted by atomic mass is 9.96. The van der Waals surface area contributed by atoms with Crippen LogP contribution in [0.2, 0.25) is 0 Å². The van der Waals surface area contributed by atoms with E-state index in [1.165, 1.54) is 32.0 Å². The third-order valence-corrected chi connectivity index (χ3v) is 7.68. The molecule has 4 aromatic rings. The molecule has 0 atom stereocenters. The highest BCUT2D eigenvalue weighted by molar-refractivity contribution is 6.07. The van der Waals surface area contributed by atoms with Crippen LogP contribution < -0.4 is 14.4 Å². The number of nitrogens with zero attached hydrogens (tertiary/aromatic N) is 3. The van der Waals surface area contributed by atoms with Gasteiger partial charge in [0, 0.05) is 30.5 Å². The first-order chi connectivity index (χ1) is 19.2. The zero-order valence-electron chi connectivity index (χ0n) is 22.4. The molecule has 7 nitrogen and oxygen atoms in total. The van der Waals surface area contributed by atoms with Crippen molar-refractivity contribution in [1.29, 1.82) is 0 Å². The van der Waals surface area contributed by atoms with Gasteiger partial charge in [-0.2, -0.15) is 0 Å². The summed E-state index contributed by atoms with van der Waals surface area (Å²) in [5.41, 5.74) is 6.83. The van der Waals surface area contributed by atoms with Crippen molar-refractivity contribution in [2.75, 3.05) is 44.3 Å². The standard InChI is InChI=1S/C32H34N4O3/c1-3-28(37)36-18-14-22-7-8-24(21-26(22)36)29-30-27(38-4-2)13-15-33-32(30)34-31(29)23-9-11-25(12-10-23)39-20-19-35-16-5-6-17-35/h3,7-13,15,21H,1,4-6,14,16-20H2,2H3,(H,33,34). The number of rotatable bonds is 9. The maximum Gasteiger partial charge on any atom is 0.250 e. The molecule has 200 valence electrons. The molecule has 1 amide bonds. The van der Waals surface area contributed by atoms with Crippen LogP contribution in [0.1, 0.15) is 25.3 Å². The van der Waals surface area contributed by atoms with E-state index >= 15 is 0 Å². The number of nitrogens with one attached hydrogen (secondary N) is 1. The third-order valence-electron chi connectivity index (χ3n) is 7.68. The summed E-state index contributed by atoms with van der Waals surface area (Å²) in [4.78, 5) is 25.0. The molecule has 39 heavy (non-hydrogen) atoms. The number of fused-ring (bicyclic) bond motifs is 2. The van der Waals surface area contributed by atoms with Crippen LogP contribution >= 0.6 is 0 Å². The van der Waals surface area contributed by atoms with Crippen LogP contribution in [-0.4, -0.2) is 60.2 Å². The number of benzene rings is 2. The highest BCUT2D eigenvalue weighted by Crippen LogP contribution is 2.44. The maximum atomic E-state index is 12.6. The molecular weight excluding hydrogens is 488 g/mol. The predicted molar refractivity (Wildman–Crippen MR) is 156 cm³/mol. The molecule has 0 unspecified atom stereocenters. The van der Waals surface area contributed by atoms with Gasteiger partial charge in [0.2, 0.25) is 5.91 Å². The first-order valence-electron chi connectivity index (χ1n) is 13.8. The molecule has 2 aromatic carbocycles. The normalized spacial score (nSPS) is 15.1. The lowest BCUT2D eigenvalue weighted by Crippen LogP contribution is -2.26. The van der Waals surface area contributed by atoms with E-state index < -0.39 is 0 Å². The Labute approximate surface area is 229 Å². The fraction of sp³-hybridized carbons (Fsp3) is 0.312. The van der Waals surface area contributed by atoms with Crippen LogP contribution in [0.5, 0.6) is 11.5 Å². The lowest BCUT2D eigenvalue weighted by molar-refractivity contribution is -0.114. The molecule has 0 spiro atoms. The summed E-state index contributed by atoms with van der Waals surface area (Å²) in [5.74, 6) is 1.56. The Morgan fingerprint density at radius 2 is 1.85 bits per heavy atom. The van der Waals surface area contributed by atoms with Crippen molar-refractivity contribution < 1.29 is 14.3 Å².